The van der Waals surface area contributed by atoms with Crippen molar-refractivity contribution in [3.63, 3.8) is 0 Å². The first-order valence-electron chi connectivity index (χ1n) is 13.4. The molecular weight excluding hydrogens is 595 g/mol. The van der Waals surface area contributed by atoms with Crippen molar-refractivity contribution in [2.45, 2.75) is 18.2 Å². The number of likely N-dealkylation sites (tertiary alicyclic amines) is 1. The Labute approximate surface area is 257 Å². The Morgan fingerprint density at radius 3 is 2.18 bits per heavy atom. The van der Waals surface area contributed by atoms with Gasteiger partial charge in [-0.1, -0.05) is 18.2 Å². The molecule has 4 rings (SSSR count). The van der Waals surface area contributed by atoms with Crippen LogP contribution < -0.4 is 24.3 Å². The normalized spacial score (nSPS) is 17.3. The van der Waals surface area contributed by atoms with E-state index in [1.165, 1.54) is 70.9 Å². The Bertz CT molecular complexity index is 1570. The van der Waals surface area contributed by atoms with Gasteiger partial charge in [-0.3, -0.25) is 14.5 Å². The van der Waals surface area contributed by atoms with E-state index in [9.17, 15) is 24.3 Å². The second-order valence-electron chi connectivity index (χ2n) is 9.78. The minimum atomic E-state index is -2.14. The van der Waals surface area contributed by atoms with Gasteiger partial charge < -0.3 is 38.8 Å². The molecule has 13 nitrogen and oxygen atoms in total. The topological polar surface area (TPSA) is 159 Å². The van der Waals surface area contributed by atoms with Crippen molar-refractivity contribution in [1.82, 2.24) is 10.2 Å². The summed E-state index contributed by atoms with van der Waals surface area (Å²) in [4.78, 5) is 54.0. The number of halogens is 1. The summed E-state index contributed by atoms with van der Waals surface area (Å²) in [7, 11) is 5.07. The SMILES string of the molecule is COCOc1ccc(C(=O)NC2(C(=O)c3c(OC)cc(OC)c(OC)c3F)CC(OC(=O)c3ccccc3)N(C(=O)O)C2)cc1. The predicted octanol–water partition coefficient (Wildman–Crippen LogP) is 3.75. The van der Waals surface area contributed by atoms with Crippen LogP contribution in [0.5, 0.6) is 23.0 Å². The fourth-order valence-electron chi connectivity index (χ4n) is 4.90. The van der Waals surface area contributed by atoms with Gasteiger partial charge in [-0.05, 0) is 36.4 Å². The summed E-state index contributed by atoms with van der Waals surface area (Å²) in [5.41, 5.74) is -2.59. The van der Waals surface area contributed by atoms with Crippen molar-refractivity contribution in [3.8, 4) is 23.0 Å². The van der Waals surface area contributed by atoms with Gasteiger partial charge in [-0.2, -0.15) is 0 Å². The maximum absolute atomic E-state index is 16.0. The van der Waals surface area contributed by atoms with Crippen molar-refractivity contribution in [1.29, 1.82) is 0 Å². The minimum Gasteiger partial charge on any atom is -0.496 e. The Hall–Kier alpha value is -5.37. The smallest absolute Gasteiger partial charge is 0.410 e. The van der Waals surface area contributed by atoms with Crippen LogP contribution in [0.2, 0.25) is 0 Å². The van der Waals surface area contributed by atoms with Crippen molar-refractivity contribution in [3.05, 3.63) is 83.2 Å². The van der Waals surface area contributed by atoms with Gasteiger partial charge in [0.25, 0.3) is 5.91 Å². The van der Waals surface area contributed by atoms with Crippen molar-refractivity contribution in [2.75, 3.05) is 41.8 Å². The van der Waals surface area contributed by atoms with Crippen molar-refractivity contribution in [2.24, 2.45) is 0 Å². The highest BCUT2D eigenvalue weighted by Gasteiger charge is 2.55. The van der Waals surface area contributed by atoms with Gasteiger partial charge >= 0.3 is 12.1 Å². The molecule has 0 bridgehead atoms. The zero-order valence-electron chi connectivity index (χ0n) is 24.8. The van der Waals surface area contributed by atoms with E-state index in [2.05, 4.69) is 5.32 Å². The second-order valence-corrected chi connectivity index (χ2v) is 9.78. The maximum atomic E-state index is 16.0. The van der Waals surface area contributed by atoms with Crippen LogP contribution in [0.4, 0.5) is 9.18 Å². The Kier molecular flexibility index (Phi) is 10.1. The number of hydrogen-bond donors (Lipinski definition) is 2. The average Bonchev–Trinajstić information content (AvgIpc) is 3.42. The van der Waals surface area contributed by atoms with Crippen LogP contribution in [-0.2, 0) is 9.47 Å². The molecule has 0 radical (unpaired) electrons. The number of hydrogen-bond acceptors (Lipinski definition) is 10. The van der Waals surface area contributed by atoms with Crippen molar-refractivity contribution < 1.29 is 57.1 Å². The number of carbonyl (C=O) groups excluding carboxylic acids is 3. The van der Waals surface area contributed by atoms with Gasteiger partial charge in [0.1, 0.15) is 22.6 Å². The molecule has 0 spiro atoms. The number of amides is 2. The van der Waals surface area contributed by atoms with Gasteiger partial charge in [-0.25, -0.2) is 14.0 Å². The molecule has 0 aliphatic carbocycles. The molecular formula is C31H31FN2O11. The summed E-state index contributed by atoms with van der Waals surface area (Å²) in [6.07, 6.45) is -3.66. The number of Topliss-reactive ketones (excluding diaryl/α,β-unsaturated/α-hetero) is 1. The lowest BCUT2D eigenvalue weighted by Crippen LogP contribution is -2.56. The van der Waals surface area contributed by atoms with E-state index in [4.69, 9.17) is 28.4 Å². The Morgan fingerprint density at radius 1 is 0.933 bits per heavy atom. The number of benzene rings is 3. The third kappa shape index (κ3) is 6.75. The number of rotatable bonds is 12. The third-order valence-electron chi connectivity index (χ3n) is 7.08. The van der Waals surface area contributed by atoms with Crippen LogP contribution in [0.15, 0.2) is 60.7 Å². The molecule has 0 aromatic heterocycles. The predicted molar refractivity (Wildman–Crippen MR) is 155 cm³/mol. The molecule has 1 aliphatic rings. The van der Waals surface area contributed by atoms with Gasteiger partial charge in [0.15, 0.2) is 36.1 Å². The van der Waals surface area contributed by atoms with E-state index in [0.717, 1.165) is 0 Å². The highest BCUT2D eigenvalue weighted by atomic mass is 19.1. The highest BCUT2D eigenvalue weighted by Crippen LogP contribution is 2.42. The lowest BCUT2D eigenvalue weighted by atomic mass is 9.86. The van der Waals surface area contributed by atoms with Gasteiger partial charge in [0, 0.05) is 25.2 Å². The van der Waals surface area contributed by atoms with Gasteiger partial charge in [0.2, 0.25) is 0 Å². The van der Waals surface area contributed by atoms with E-state index in [-0.39, 0.29) is 29.4 Å². The average molecular weight is 627 g/mol. The standard InChI is InChI=1S/C31H31FN2O11/c1-40-17-44-20-12-10-18(11-13-20)28(36)33-31(27(35)24-21(41-2)14-22(42-3)26(43-4)25(24)32)15-23(34(16-31)30(38)39)45-29(37)19-8-6-5-7-9-19/h5-14,23H,15-17H2,1-4H3,(H,33,36)(H,38,39). The number of esters is 1. The molecule has 1 aliphatic heterocycles. The zero-order chi connectivity index (χ0) is 32.7. The molecule has 3 aromatic carbocycles. The molecule has 0 saturated carbocycles. The molecule has 1 heterocycles. The number of ether oxygens (including phenoxy) is 6. The third-order valence-corrected chi connectivity index (χ3v) is 7.08. The summed E-state index contributed by atoms with van der Waals surface area (Å²) in [6, 6.07) is 14.8. The lowest BCUT2D eigenvalue weighted by molar-refractivity contribution is -0.00846. The summed E-state index contributed by atoms with van der Waals surface area (Å²) in [6.45, 7) is -0.735. The number of nitrogens with zero attached hydrogens (tertiary/aromatic N) is 1. The number of methoxy groups -OCH3 is 4. The van der Waals surface area contributed by atoms with Crippen LogP contribution in [-0.4, -0.2) is 87.3 Å². The first kappa shape index (κ1) is 32.5. The minimum absolute atomic E-state index is 0.0318. The molecule has 14 heteroatoms. The van der Waals surface area contributed by atoms with E-state index in [0.29, 0.717) is 10.6 Å². The monoisotopic (exact) mass is 626 g/mol. The summed E-state index contributed by atoms with van der Waals surface area (Å²) >= 11 is 0. The van der Waals surface area contributed by atoms with Gasteiger partial charge in [0.05, 0.1) is 33.4 Å². The molecule has 2 N–H and O–H groups in total. The molecule has 3 aromatic rings. The molecule has 45 heavy (non-hydrogen) atoms. The quantitative estimate of drug-likeness (QED) is 0.171. The maximum Gasteiger partial charge on any atom is 0.410 e. The van der Waals surface area contributed by atoms with Gasteiger partial charge in [-0.15, -0.1) is 0 Å². The lowest BCUT2D eigenvalue weighted by Gasteiger charge is -2.29. The first-order valence-corrected chi connectivity index (χ1v) is 13.4. The van der Waals surface area contributed by atoms with Crippen LogP contribution in [0.3, 0.4) is 0 Å². The fraction of sp³-hybridized carbons (Fsp3) is 0.290. The van der Waals surface area contributed by atoms with Crippen LogP contribution in [0, 0.1) is 5.82 Å². The number of carbonyl (C=O) groups is 4. The Balaban J connectivity index is 1.79. The molecule has 2 unspecified atom stereocenters. The summed E-state index contributed by atoms with van der Waals surface area (Å²) < 4.78 is 47.3. The zero-order valence-corrected chi connectivity index (χ0v) is 24.8. The number of ketones is 1. The largest absolute Gasteiger partial charge is 0.496 e. The molecule has 1 fully saturated rings. The Morgan fingerprint density at radius 2 is 1.60 bits per heavy atom. The summed E-state index contributed by atoms with van der Waals surface area (Å²) in [5.74, 6) is -4.28. The van der Waals surface area contributed by atoms with Crippen LogP contribution in [0.1, 0.15) is 37.5 Å². The van der Waals surface area contributed by atoms with E-state index < -0.39 is 65.6 Å². The fourth-order valence-corrected chi connectivity index (χ4v) is 4.90. The number of carboxylic acid groups (broad SMARTS) is 1. The van der Waals surface area contributed by atoms with E-state index in [1.54, 1.807) is 18.2 Å². The number of nitrogens with one attached hydrogen (secondary N) is 1. The van der Waals surface area contributed by atoms with Crippen LogP contribution >= 0.6 is 0 Å². The molecule has 2 atom stereocenters. The molecule has 2 amide bonds. The summed E-state index contributed by atoms with van der Waals surface area (Å²) in [5, 5.41) is 12.7. The molecule has 1 saturated heterocycles. The second kappa shape index (κ2) is 13.9. The van der Waals surface area contributed by atoms with Crippen molar-refractivity contribution >= 4 is 23.8 Å². The molecule has 238 valence electrons. The van der Waals surface area contributed by atoms with Crippen LogP contribution in [0.25, 0.3) is 0 Å². The highest BCUT2D eigenvalue weighted by molar-refractivity contribution is 6.10. The first-order chi connectivity index (χ1) is 21.6. The van der Waals surface area contributed by atoms with E-state index in [1.807, 2.05) is 0 Å². The van der Waals surface area contributed by atoms with E-state index >= 15 is 4.39 Å².